The molecular weight excluding hydrogens is 240 g/mol. The lowest BCUT2D eigenvalue weighted by atomic mass is 9.82. The number of H-pyrrole nitrogens is 1. The number of aliphatic hydroxyl groups is 1. The van der Waals surface area contributed by atoms with Gasteiger partial charge in [0.1, 0.15) is 0 Å². The maximum atomic E-state index is 11.9. The van der Waals surface area contributed by atoms with Gasteiger partial charge < -0.3 is 15.4 Å². The van der Waals surface area contributed by atoms with Crippen molar-refractivity contribution in [1.82, 2.24) is 10.3 Å². The van der Waals surface area contributed by atoms with Crippen molar-refractivity contribution in [2.45, 2.75) is 25.4 Å². The van der Waals surface area contributed by atoms with Crippen LogP contribution in [0.1, 0.15) is 18.4 Å². The molecule has 4 nitrogen and oxygen atoms in total. The molecule has 1 heterocycles. The fourth-order valence-corrected chi connectivity index (χ4v) is 2.64. The molecule has 0 aliphatic heterocycles. The second-order valence-electron chi connectivity index (χ2n) is 5.33. The highest BCUT2D eigenvalue weighted by atomic mass is 16.3. The molecule has 0 saturated heterocycles. The SMILES string of the molecule is O=C(Cc1c[nH]c2ccccc12)NCC1CC(O)C1. The van der Waals surface area contributed by atoms with Crippen molar-refractivity contribution in [3.05, 3.63) is 36.0 Å². The van der Waals surface area contributed by atoms with Crippen LogP contribution in [0.4, 0.5) is 0 Å². The van der Waals surface area contributed by atoms with Gasteiger partial charge in [-0.3, -0.25) is 4.79 Å². The average Bonchev–Trinajstić information content (AvgIpc) is 2.77. The van der Waals surface area contributed by atoms with Crippen LogP contribution in [-0.4, -0.2) is 28.6 Å². The Bertz CT molecular complexity index is 585. The molecule has 3 N–H and O–H groups in total. The molecule has 1 aliphatic rings. The van der Waals surface area contributed by atoms with Gasteiger partial charge in [-0.25, -0.2) is 0 Å². The summed E-state index contributed by atoms with van der Waals surface area (Å²) in [5, 5.41) is 13.2. The zero-order valence-corrected chi connectivity index (χ0v) is 10.7. The summed E-state index contributed by atoms with van der Waals surface area (Å²) >= 11 is 0. The van der Waals surface area contributed by atoms with Crippen LogP contribution in [0, 0.1) is 5.92 Å². The van der Waals surface area contributed by atoms with E-state index in [0.717, 1.165) is 29.3 Å². The highest BCUT2D eigenvalue weighted by molar-refractivity contribution is 5.88. The Kier molecular flexibility index (Phi) is 3.25. The molecule has 0 spiro atoms. The van der Waals surface area contributed by atoms with Crippen LogP contribution < -0.4 is 5.32 Å². The number of carbonyl (C=O) groups excluding carboxylic acids is 1. The third-order valence-electron chi connectivity index (χ3n) is 3.82. The van der Waals surface area contributed by atoms with E-state index < -0.39 is 0 Å². The highest BCUT2D eigenvalue weighted by Gasteiger charge is 2.27. The zero-order valence-electron chi connectivity index (χ0n) is 10.7. The third-order valence-corrected chi connectivity index (χ3v) is 3.82. The van der Waals surface area contributed by atoms with E-state index in [1.807, 2.05) is 30.5 Å². The molecule has 1 aromatic heterocycles. The molecule has 1 aliphatic carbocycles. The first-order chi connectivity index (χ1) is 9.22. The van der Waals surface area contributed by atoms with Crippen molar-refractivity contribution < 1.29 is 9.90 Å². The van der Waals surface area contributed by atoms with E-state index in [-0.39, 0.29) is 12.0 Å². The minimum Gasteiger partial charge on any atom is -0.393 e. The maximum Gasteiger partial charge on any atom is 0.224 e. The Labute approximate surface area is 111 Å². The highest BCUT2D eigenvalue weighted by Crippen LogP contribution is 2.26. The number of rotatable bonds is 4. The maximum absolute atomic E-state index is 11.9. The van der Waals surface area contributed by atoms with Crippen LogP contribution in [0.5, 0.6) is 0 Å². The third kappa shape index (κ3) is 2.63. The molecule has 0 atom stereocenters. The molecule has 0 unspecified atom stereocenters. The molecule has 1 saturated carbocycles. The summed E-state index contributed by atoms with van der Waals surface area (Å²) < 4.78 is 0. The van der Waals surface area contributed by atoms with Gasteiger partial charge in [-0.15, -0.1) is 0 Å². The van der Waals surface area contributed by atoms with Crippen molar-refractivity contribution in [2.75, 3.05) is 6.54 Å². The number of hydrogen-bond acceptors (Lipinski definition) is 2. The molecule has 2 aromatic rings. The number of para-hydroxylation sites is 1. The quantitative estimate of drug-likeness (QED) is 0.780. The summed E-state index contributed by atoms with van der Waals surface area (Å²) in [6, 6.07) is 7.99. The number of nitrogens with one attached hydrogen (secondary N) is 2. The van der Waals surface area contributed by atoms with Crippen LogP contribution in [0.3, 0.4) is 0 Å². The van der Waals surface area contributed by atoms with Gasteiger partial charge in [0.2, 0.25) is 5.91 Å². The van der Waals surface area contributed by atoms with Crippen LogP contribution >= 0.6 is 0 Å². The topological polar surface area (TPSA) is 65.1 Å². The lowest BCUT2D eigenvalue weighted by Crippen LogP contribution is -2.38. The van der Waals surface area contributed by atoms with Gasteiger partial charge in [-0.05, 0) is 30.4 Å². The summed E-state index contributed by atoms with van der Waals surface area (Å²) in [7, 11) is 0. The Morgan fingerprint density at radius 3 is 2.95 bits per heavy atom. The van der Waals surface area contributed by atoms with E-state index >= 15 is 0 Å². The van der Waals surface area contributed by atoms with E-state index in [0.29, 0.717) is 18.9 Å². The molecule has 1 aromatic carbocycles. The number of carbonyl (C=O) groups is 1. The smallest absolute Gasteiger partial charge is 0.224 e. The van der Waals surface area contributed by atoms with E-state index in [1.54, 1.807) is 0 Å². The van der Waals surface area contributed by atoms with Crippen molar-refractivity contribution in [3.8, 4) is 0 Å². The fourth-order valence-electron chi connectivity index (χ4n) is 2.64. The Morgan fingerprint density at radius 2 is 2.16 bits per heavy atom. The number of aromatic amines is 1. The molecule has 3 rings (SSSR count). The van der Waals surface area contributed by atoms with Crippen molar-refractivity contribution >= 4 is 16.8 Å². The normalized spacial score (nSPS) is 22.2. The minimum atomic E-state index is -0.157. The number of benzene rings is 1. The van der Waals surface area contributed by atoms with Gasteiger partial charge in [0.15, 0.2) is 0 Å². The first kappa shape index (κ1) is 12.2. The molecule has 0 bridgehead atoms. The second kappa shape index (κ2) is 5.05. The van der Waals surface area contributed by atoms with Crippen LogP contribution in [-0.2, 0) is 11.2 Å². The summed E-state index contributed by atoms with van der Waals surface area (Å²) in [5.41, 5.74) is 2.09. The Balaban J connectivity index is 1.57. The van der Waals surface area contributed by atoms with Crippen LogP contribution in [0.2, 0.25) is 0 Å². The molecule has 4 heteroatoms. The first-order valence-corrected chi connectivity index (χ1v) is 6.72. The van der Waals surface area contributed by atoms with E-state index in [4.69, 9.17) is 0 Å². The minimum absolute atomic E-state index is 0.0474. The monoisotopic (exact) mass is 258 g/mol. The predicted octanol–water partition coefficient (Wildman–Crippen LogP) is 1.60. The second-order valence-corrected chi connectivity index (χ2v) is 5.33. The van der Waals surface area contributed by atoms with E-state index in [2.05, 4.69) is 10.3 Å². The lowest BCUT2D eigenvalue weighted by molar-refractivity contribution is -0.121. The van der Waals surface area contributed by atoms with Crippen molar-refractivity contribution in [3.63, 3.8) is 0 Å². The number of amides is 1. The number of hydrogen-bond donors (Lipinski definition) is 3. The number of fused-ring (bicyclic) bond motifs is 1. The molecule has 1 amide bonds. The van der Waals surface area contributed by atoms with Gasteiger partial charge in [0, 0.05) is 23.6 Å². The van der Waals surface area contributed by atoms with Crippen molar-refractivity contribution in [1.29, 1.82) is 0 Å². The standard InChI is InChI=1S/C15H18N2O2/c18-12-5-10(6-12)8-17-15(19)7-11-9-16-14-4-2-1-3-13(11)14/h1-4,9-10,12,16,18H,5-8H2,(H,17,19). The number of aromatic nitrogens is 1. The summed E-state index contributed by atoms with van der Waals surface area (Å²) in [4.78, 5) is 15.1. The van der Waals surface area contributed by atoms with Gasteiger partial charge in [0.25, 0.3) is 0 Å². The van der Waals surface area contributed by atoms with Crippen LogP contribution in [0.25, 0.3) is 10.9 Å². The van der Waals surface area contributed by atoms with Crippen molar-refractivity contribution in [2.24, 2.45) is 5.92 Å². The Morgan fingerprint density at radius 1 is 1.37 bits per heavy atom. The molecule has 19 heavy (non-hydrogen) atoms. The van der Waals surface area contributed by atoms with Gasteiger partial charge >= 0.3 is 0 Å². The summed E-state index contributed by atoms with van der Waals surface area (Å²) in [6.45, 7) is 0.679. The molecule has 0 radical (unpaired) electrons. The van der Waals surface area contributed by atoms with Gasteiger partial charge in [-0.1, -0.05) is 18.2 Å². The lowest BCUT2D eigenvalue weighted by Gasteiger charge is -2.31. The predicted molar refractivity (Wildman–Crippen MR) is 73.7 cm³/mol. The van der Waals surface area contributed by atoms with Gasteiger partial charge in [0.05, 0.1) is 12.5 Å². The number of aliphatic hydroxyl groups excluding tert-OH is 1. The summed E-state index contributed by atoms with van der Waals surface area (Å²) in [5.74, 6) is 0.494. The largest absolute Gasteiger partial charge is 0.393 e. The van der Waals surface area contributed by atoms with Crippen LogP contribution in [0.15, 0.2) is 30.5 Å². The van der Waals surface area contributed by atoms with E-state index in [9.17, 15) is 9.90 Å². The Hall–Kier alpha value is -1.81. The average molecular weight is 258 g/mol. The zero-order chi connectivity index (χ0) is 13.2. The fraction of sp³-hybridized carbons (Fsp3) is 0.400. The summed E-state index contributed by atoms with van der Waals surface area (Å²) in [6.07, 6.45) is 3.77. The molecular formula is C15H18N2O2. The first-order valence-electron chi connectivity index (χ1n) is 6.72. The van der Waals surface area contributed by atoms with Gasteiger partial charge in [-0.2, -0.15) is 0 Å². The van der Waals surface area contributed by atoms with E-state index in [1.165, 1.54) is 0 Å². The molecule has 100 valence electrons. The molecule has 1 fully saturated rings.